The van der Waals surface area contributed by atoms with Crippen molar-refractivity contribution < 1.29 is 29.0 Å². The molecule has 0 aromatic heterocycles. The van der Waals surface area contributed by atoms with Gasteiger partial charge in [0.25, 0.3) is 0 Å². The van der Waals surface area contributed by atoms with Gasteiger partial charge in [-0.05, 0) is 41.7 Å². The molecule has 0 spiro atoms. The number of aliphatic hydroxyl groups excluding tert-OH is 1. The Balaban J connectivity index is 1.36. The topological polar surface area (TPSA) is 79.2 Å². The monoisotopic (exact) mass is 649 g/mol. The molecule has 1 aliphatic carbocycles. The van der Waals surface area contributed by atoms with Crippen LogP contribution in [0.4, 0.5) is 0 Å². The number of hydrogen-bond donors (Lipinski definition) is 2. The average molecular weight is 650 g/mol. The summed E-state index contributed by atoms with van der Waals surface area (Å²) in [6.07, 6.45) is 0.283. The van der Waals surface area contributed by atoms with E-state index in [-0.39, 0.29) is 18.2 Å². The number of amides is 1. The van der Waals surface area contributed by atoms with E-state index in [1.807, 2.05) is 47.4 Å². The fourth-order valence-corrected chi connectivity index (χ4v) is 8.59. The quantitative estimate of drug-likeness (QED) is 0.202. The van der Waals surface area contributed by atoms with Crippen LogP contribution in [0.1, 0.15) is 41.5 Å². The molecule has 0 radical (unpaired) electrons. The summed E-state index contributed by atoms with van der Waals surface area (Å²) in [7, 11) is 7.57. The van der Waals surface area contributed by atoms with Crippen molar-refractivity contribution in [2.24, 2.45) is 11.8 Å². The number of quaternary nitrogens is 1. The third-order valence-electron chi connectivity index (χ3n) is 10.9. The number of methoxy groups -OCH3 is 2. The number of fused-ring (bicyclic) bond motifs is 1. The van der Waals surface area contributed by atoms with Crippen molar-refractivity contribution in [1.82, 2.24) is 4.90 Å². The summed E-state index contributed by atoms with van der Waals surface area (Å²) in [5, 5.41) is 25.2. The Morgan fingerprint density at radius 3 is 2.00 bits per heavy atom. The molecule has 48 heavy (non-hydrogen) atoms. The van der Waals surface area contributed by atoms with Crippen molar-refractivity contribution in [3.63, 3.8) is 0 Å². The predicted molar refractivity (Wildman–Crippen MR) is 188 cm³/mol. The summed E-state index contributed by atoms with van der Waals surface area (Å²) in [4.78, 5) is 16.0. The third kappa shape index (κ3) is 6.23. The molecule has 2 fully saturated rings. The molecule has 6 rings (SSSR count). The normalized spacial score (nSPS) is 23.4. The van der Waals surface area contributed by atoms with Crippen molar-refractivity contribution in [3.05, 3.63) is 131 Å². The standard InChI is InChI=1S/C41H49N2O5/c1-43(2,29-30-15-8-5-9-16-30)24-14-21-39(45)42-27-35-36(28-42)41(46,34-25-33(47-3)22-23-37(34)48-4)38(44)26-40(35,31-17-10-6-11-18-31)32-19-12-7-13-20-32/h5-13,15-20,22-23,25,35-36,38,44,46H,14,21,24,26-29H2,1-4H3/q+1/t35-,36+,38-,41+/m1/s1. The van der Waals surface area contributed by atoms with E-state index in [0.717, 1.165) is 35.1 Å². The molecule has 1 amide bonds. The molecule has 7 nitrogen and oxygen atoms in total. The SMILES string of the molecule is COc1ccc(OC)c([C@@]2(O)[C@H](O)CC(c3ccccc3)(c3ccccc3)[C@@H]3CN(C(=O)CCC[N+](C)(C)Cc4ccccc4)C[C@@H]32)c1. The first kappa shape index (κ1) is 33.7. The zero-order valence-electron chi connectivity index (χ0n) is 28.6. The van der Waals surface area contributed by atoms with Gasteiger partial charge < -0.3 is 29.1 Å². The van der Waals surface area contributed by atoms with Crippen molar-refractivity contribution in [1.29, 1.82) is 0 Å². The molecule has 1 saturated carbocycles. The summed E-state index contributed by atoms with van der Waals surface area (Å²) in [6.45, 7) is 2.55. The van der Waals surface area contributed by atoms with Crippen LogP contribution in [0.2, 0.25) is 0 Å². The van der Waals surface area contributed by atoms with Gasteiger partial charge >= 0.3 is 0 Å². The summed E-state index contributed by atoms with van der Waals surface area (Å²) >= 11 is 0. The lowest BCUT2D eigenvalue weighted by atomic mass is 9.51. The minimum atomic E-state index is -1.69. The largest absolute Gasteiger partial charge is 0.497 e. The molecule has 4 atom stereocenters. The molecule has 7 heteroatoms. The van der Waals surface area contributed by atoms with Crippen LogP contribution in [0.5, 0.6) is 11.5 Å². The fraction of sp³-hybridized carbons (Fsp3) is 0.390. The van der Waals surface area contributed by atoms with Gasteiger partial charge in [0.05, 0.1) is 41.0 Å². The van der Waals surface area contributed by atoms with Gasteiger partial charge in [-0.3, -0.25) is 4.79 Å². The molecule has 4 aromatic carbocycles. The summed E-state index contributed by atoms with van der Waals surface area (Å²) < 4.78 is 12.1. The number of likely N-dealkylation sites (tertiary alicyclic amines) is 1. The smallest absolute Gasteiger partial charge is 0.222 e. The molecule has 2 aliphatic rings. The molecule has 2 N–H and O–H groups in total. The second kappa shape index (κ2) is 13.7. The van der Waals surface area contributed by atoms with Crippen LogP contribution < -0.4 is 9.47 Å². The van der Waals surface area contributed by atoms with E-state index in [4.69, 9.17) is 9.47 Å². The van der Waals surface area contributed by atoms with Gasteiger partial charge in [-0.15, -0.1) is 0 Å². The Morgan fingerprint density at radius 1 is 0.833 bits per heavy atom. The van der Waals surface area contributed by atoms with Gasteiger partial charge in [-0.1, -0.05) is 91.0 Å². The number of ether oxygens (including phenoxy) is 2. The predicted octanol–water partition coefficient (Wildman–Crippen LogP) is 5.77. The zero-order valence-corrected chi connectivity index (χ0v) is 28.6. The van der Waals surface area contributed by atoms with E-state index in [0.29, 0.717) is 36.6 Å². The Kier molecular flexibility index (Phi) is 9.66. The Bertz CT molecular complexity index is 1640. The van der Waals surface area contributed by atoms with Crippen LogP contribution in [0.15, 0.2) is 109 Å². The van der Waals surface area contributed by atoms with Gasteiger partial charge in [0.15, 0.2) is 0 Å². The van der Waals surface area contributed by atoms with Crippen LogP contribution in [0.3, 0.4) is 0 Å². The van der Waals surface area contributed by atoms with Crippen LogP contribution in [-0.2, 0) is 22.4 Å². The van der Waals surface area contributed by atoms with E-state index in [1.54, 1.807) is 32.4 Å². The maximum atomic E-state index is 14.1. The van der Waals surface area contributed by atoms with Gasteiger partial charge in [0.2, 0.25) is 5.91 Å². The number of aliphatic hydroxyl groups is 2. The Morgan fingerprint density at radius 2 is 1.42 bits per heavy atom. The lowest BCUT2D eigenvalue weighted by molar-refractivity contribution is -0.903. The molecule has 1 heterocycles. The second-order valence-corrected chi connectivity index (χ2v) is 14.2. The van der Waals surface area contributed by atoms with Gasteiger partial charge in [-0.2, -0.15) is 0 Å². The number of carbonyl (C=O) groups excluding carboxylic acids is 1. The van der Waals surface area contributed by atoms with Crippen LogP contribution in [0.25, 0.3) is 0 Å². The maximum absolute atomic E-state index is 14.1. The third-order valence-corrected chi connectivity index (χ3v) is 10.9. The molecule has 1 aliphatic heterocycles. The summed E-state index contributed by atoms with van der Waals surface area (Å²) in [5.74, 6) is 0.436. The molecular weight excluding hydrogens is 600 g/mol. The van der Waals surface area contributed by atoms with E-state index in [9.17, 15) is 15.0 Å². The number of hydrogen-bond acceptors (Lipinski definition) is 5. The molecule has 4 aromatic rings. The number of nitrogens with zero attached hydrogens (tertiary/aromatic N) is 2. The van der Waals surface area contributed by atoms with Gasteiger partial charge in [0.1, 0.15) is 23.6 Å². The number of rotatable bonds is 11. The molecule has 0 bridgehead atoms. The highest BCUT2D eigenvalue weighted by molar-refractivity contribution is 5.76. The number of carbonyl (C=O) groups is 1. The van der Waals surface area contributed by atoms with Crippen LogP contribution in [0, 0.1) is 11.8 Å². The average Bonchev–Trinajstić information content (AvgIpc) is 3.58. The fourth-order valence-electron chi connectivity index (χ4n) is 8.59. The van der Waals surface area contributed by atoms with Gasteiger partial charge in [-0.25, -0.2) is 0 Å². The minimum absolute atomic E-state index is 0.0774. The summed E-state index contributed by atoms with van der Waals surface area (Å²) in [5.41, 5.74) is 1.56. The lowest BCUT2D eigenvalue weighted by Gasteiger charge is -2.55. The van der Waals surface area contributed by atoms with Gasteiger partial charge in [0, 0.05) is 48.4 Å². The first-order chi connectivity index (χ1) is 23.1. The second-order valence-electron chi connectivity index (χ2n) is 14.2. The Labute approximate surface area is 285 Å². The highest BCUT2D eigenvalue weighted by Gasteiger charge is 2.65. The van der Waals surface area contributed by atoms with Crippen molar-refractivity contribution in [2.75, 3.05) is 47.9 Å². The Hall–Kier alpha value is -4.17. The van der Waals surface area contributed by atoms with E-state index < -0.39 is 23.0 Å². The number of benzene rings is 4. The van der Waals surface area contributed by atoms with E-state index in [1.165, 1.54) is 5.56 Å². The highest BCUT2D eigenvalue weighted by atomic mass is 16.5. The summed E-state index contributed by atoms with van der Waals surface area (Å²) in [6, 6.07) is 36.4. The van der Waals surface area contributed by atoms with E-state index in [2.05, 4.69) is 62.6 Å². The minimum Gasteiger partial charge on any atom is -0.497 e. The maximum Gasteiger partial charge on any atom is 0.222 e. The molecule has 0 unspecified atom stereocenters. The van der Waals surface area contributed by atoms with Crippen LogP contribution >= 0.6 is 0 Å². The molecule has 1 saturated heterocycles. The zero-order chi connectivity index (χ0) is 33.9. The molecular formula is C41H49N2O5+. The van der Waals surface area contributed by atoms with Crippen molar-refractivity contribution in [2.45, 2.75) is 42.9 Å². The van der Waals surface area contributed by atoms with Crippen molar-refractivity contribution in [3.8, 4) is 11.5 Å². The highest BCUT2D eigenvalue weighted by Crippen LogP contribution is 2.60. The van der Waals surface area contributed by atoms with Crippen molar-refractivity contribution >= 4 is 5.91 Å². The first-order valence-electron chi connectivity index (χ1n) is 17.0. The molecule has 252 valence electrons. The lowest BCUT2D eigenvalue weighted by Crippen LogP contribution is -2.60. The first-order valence-corrected chi connectivity index (χ1v) is 17.0. The van der Waals surface area contributed by atoms with Crippen LogP contribution in [-0.4, -0.2) is 79.6 Å². The van der Waals surface area contributed by atoms with E-state index >= 15 is 0 Å².